The van der Waals surface area contributed by atoms with Gasteiger partial charge in [-0.1, -0.05) is 25.7 Å². The van der Waals surface area contributed by atoms with E-state index in [1.165, 1.54) is 51.5 Å². The van der Waals surface area contributed by atoms with Crippen LogP contribution in [-0.2, 0) is 0 Å². The number of nitrogens with one attached hydrogen (secondary N) is 1. The summed E-state index contributed by atoms with van der Waals surface area (Å²) in [6.45, 7) is 1.28. The van der Waals surface area contributed by atoms with E-state index in [0.29, 0.717) is 0 Å². The summed E-state index contributed by atoms with van der Waals surface area (Å²) in [5, 5.41) is 3.58. The molecule has 0 aromatic rings. The highest BCUT2D eigenvalue weighted by molar-refractivity contribution is 4.79. The first-order valence-electron chi connectivity index (χ1n) is 5.18. The lowest BCUT2D eigenvalue weighted by molar-refractivity contribution is 0.419. The Morgan fingerprint density at radius 2 is 1.82 bits per heavy atom. The van der Waals surface area contributed by atoms with E-state index >= 15 is 0 Å². The van der Waals surface area contributed by atoms with Gasteiger partial charge in [-0.2, -0.15) is 0 Å². The Hall–Kier alpha value is -0.0400. The molecule has 2 fully saturated rings. The van der Waals surface area contributed by atoms with Crippen LogP contribution in [0.2, 0.25) is 0 Å². The van der Waals surface area contributed by atoms with Gasteiger partial charge < -0.3 is 5.32 Å². The Kier molecular flexibility index (Phi) is 2.47. The Labute approximate surface area is 69.6 Å². The minimum atomic E-state index is 0.887. The van der Waals surface area contributed by atoms with Crippen LogP contribution < -0.4 is 5.32 Å². The molecule has 1 aliphatic heterocycles. The van der Waals surface area contributed by atoms with Gasteiger partial charge in [-0.25, -0.2) is 0 Å². The van der Waals surface area contributed by atoms with Gasteiger partial charge in [-0.15, -0.1) is 0 Å². The Morgan fingerprint density at radius 1 is 1.00 bits per heavy atom. The van der Waals surface area contributed by atoms with Crippen molar-refractivity contribution in [1.29, 1.82) is 0 Å². The standard InChI is InChI=1S/C10H19N/c1-2-5-9(4-1)8-10-6-3-7-11-10/h9-11H,1-8H2. The van der Waals surface area contributed by atoms with Gasteiger partial charge in [-0.3, -0.25) is 0 Å². The maximum Gasteiger partial charge on any atom is 0.00701 e. The molecule has 2 rings (SSSR count). The normalized spacial score (nSPS) is 33.3. The molecule has 11 heavy (non-hydrogen) atoms. The summed E-state index contributed by atoms with van der Waals surface area (Å²) in [5.74, 6) is 1.07. The van der Waals surface area contributed by atoms with E-state index < -0.39 is 0 Å². The van der Waals surface area contributed by atoms with Crippen LogP contribution >= 0.6 is 0 Å². The van der Waals surface area contributed by atoms with Gasteiger partial charge in [0.05, 0.1) is 0 Å². The van der Waals surface area contributed by atoms with Gasteiger partial charge in [0.1, 0.15) is 0 Å². The third-order valence-electron chi connectivity index (χ3n) is 3.25. The van der Waals surface area contributed by atoms with E-state index in [2.05, 4.69) is 5.32 Å². The van der Waals surface area contributed by atoms with Crippen molar-refractivity contribution in [3.63, 3.8) is 0 Å². The second-order valence-corrected chi connectivity index (χ2v) is 4.18. The molecule has 0 spiro atoms. The maximum absolute atomic E-state index is 3.58. The summed E-state index contributed by atoms with van der Waals surface area (Å²) in [7, 11) is 0. The molecule has 1 heteroatoms. The van der Waals surface area contributed by atoms with Crippen molar-refractivity contribution < 1.29 is 0 Å². The number of hydrogen-bond donors (Lipinski definition) is 1. The van der Waals surface area contributed by atoms with Crippen molar-refractivity contribution in [1.82, 2.24) is 5.32 Å². The maximum atomic E-state index is 3.58. The van der Waals surface area contributed by atoms with Crippen LogP contribution in [0.25, 0.3) is 0 Å². The van der Waals surface area contributed by atoms with E-state index in [9.17, 15) is 0 Å². The third kappa shape index (κ3) is 1.96. The fraction of sp³-hybridized carbons (Fsp3) is 1.00. The summed E-state index contributed by atoms with van der Waals surface area (Å²) >= 11 is 0. The molecule has 1 N–H and O–H groups in total. The first-order valence-corrected chi connectivity index (χ1v) is 5.18. The van der Waals surface area contributed by atoms with Crippen molar-refractivity contribution in [2.75, 3.05) is 6.54 Å². The number of rotatable bonds is 2. The zero-order valence-electron chi connectivity index (χ0n) is 7.31. The molecule has 0 aromatic heterocycles. The molecule has 0 radical (unpaired) electrons. The molecule has 1 unspecified atom stereocenters. The molecule has 1 nitrogen and oxygen atoms in total. The van der Waals surface area contributed by atoms with E-state index in [1.54, 1.807) is 0 Å². The molecule has 0 aromatic carbocycles. The zero-order valence-corrected chi connectivity index (χ0v) is 7.31. The zero-order chi connectivity index (χ0) is 7.52. The van der Waals surface area contributed by atoms with Gasteiger partial charge in [0.15, 0.2) is 0 Å². The highest BCUT2D eigenvalue weighted by Crippen LogP contribution is 2.30. The van der Waals surface area contributed by atoms with Crippen LogP contribution in [0.1, 0.15) is 44.9 Å². The van der Waals surface area contributed by atoms with Crippen LogP contribution in [-0.4, -0.2) is 12.6 Å². The topological polar surface area (TPSA) is 12.0 Å². The SMILES string of the molecule is C1CCC(CC2CCCN2)C1. The predicted octanol–water partition coefficient (Wildman–Crippen LogP) is 2.32. The van der Waals surface area contributed by atoms with Crippen LogP contribution in [0.4, 0.5) is 0 Å². The second kappa shape index (κ2) is 3.57. The molecule has 1 saturated carbocycles. The smallest absolute Gasteiger partial charge is 0.00701 e. The highest BCUT2D eigenvalue weighted by Gasteiger charge is 2.21. The molecule has 1 aliphatic carbocycles. The molecule has 0 bridgehead atoms. The lowest BCUT2D eigenvalue weighted by Crippen LogP contribution is -2.23. The van der Waals surface area contributed by atoms with Crippen LogP contribution in [0.3, 0.4) is 0 Å². The summed E-state index contributed by atoms with van der Waals surface area (Å²) < 4.78 is 0. The van der Waals surface area contributed by atoms with Gasteiger partial charge in [0, 0.05) is 6.04 Å². The fourth-order valence-corrected chi connectivity index (χ4v) is 2.61. The molecular formula is C10H19N. The van der Waals surface area contributed by atoms with E-state index in [4.69, 9.17) is 0 Å². The Morgan fingerprint density at radius 3 is 2.45 bits per heavy atom. The first-order chi connectivity index (χ1) is 5.45. The van der Waals surface area contributed by atoms with Gasteiger partial charge in [0.25, 0.3) is 0 Å². The van der Waals surface area contributed by atoms with Crippen molar-refractivity contribution in [3.8, 4) is 0 Å². The molecule has 1 saturated heterocycles. The molecule has 0 amide bonds. The molecule has 64 valence electrons. The second-order valence-electron chi connectivity index (χ2n) is 4.18. The van der Waals surface area contributed by atoms with Gasteiger partial charge in [-0.05, 0) is 31.7 Å². The Bertz CT molecular complexity index is 96.0. The largest absolute Gasteiger partial charge is 0.314 e. The van der Waals surface area contributed by atoms with Crippen LogP contribution in [0.5, 0.6) is 0 Å². The lowest BCUT2D eigenvalue weighted by atomic mass is 9.98. The molecular weight excluding hydrogens is 134 g/mol. The first kappa shape index (κ1) is 7.60. The van der Waals surface area contributed by atoms with Crippen molar-refractivity contribution in [3.05, 3.63) is 0 Å². The van der Waals surface area contributed by atoms with Gasteiger partial charge in [0.2, 0.25) is 0 Å². The van der Waals surface area contributed by atoms with E-state index in [0.717, 1.165) is 12.0 Å². The fourth-order valence-electron chi connectivity index (χ4n) is 2.61. The number of hydrogen-bond acceptors (Lipinski definition) is 1. The molecule has 2 aliphatic rings. The predicted molar refractivity (Wildman–Crippen MR) is 47.6 cm³/mol. The average molecular weight is 153 g/mol. The highest BCUT2D eigenvalue weighted by atomic mass is 14.9. The van der Waals surface area contributed by atoms with Crippen LogP contribution in [0.15, 0.2) is 0 Å². The third-order valence-corrected chi connectivity index (χ3v) is 3.25. The summed E-state index contributed by atoms with van der Waals surface area (Å²) in [5.41, 5.74) is 0. The Balaban J connectivity index is 1.71. The molecule has 1 heterocycles. The quantitative estimate of drug-likeness (QED) is 0.642. The minimum Gasteiger partial charge on any atom is -0.314 e. The minimum absolute atomic E-state index is 0.887. The summed E-state index contributed by atoms with van der Waals surface area (Å²) in [6, 6.07) is 0.887. The summed E-state index contributed by atoms with van der Waals surface area (Å²) in [6.07, 6.45) is 10.3. The average Bonchev–Trinajstić information content (AvgIpc) is 2.60. The van der Waals surface area contributed by atoms with Crippen molar-refractivity contribution >= 4 is 0 Å². The van der Waals surface area contributed by atoms with Crippen molar-refractivity contribution in [2.45, 2.75) is 51.0 Å². The van der Waals surface area contributed by atoms with E-state index in [-0.39, 0.29) is 0 Å². The van der Waals surface area contributed by atoms with E-state index in [1.807, 2.05) is 0 Å². The van der Waals surface area contributed by atoms with Gasteiger partial charge >= 0.3 is 0 Å². The lowest BCUT2D eigenvalue weighted by Gasteiger charge is -2.14. The monoisotopic (exact) mass is 153 g/mol. The van der Waals surface area contributed by atoms with Crippen LogP contribution in [0, 0.1) is 5.92 Å². The van der Waals surface area contributed by atoms with Crippen molar-refractivity contribution in [2.24, 2.45) is 5.92 Å². The summed E-state index contributed by atoms with van der Waals surface area (Å²) in [4.78, 5) is 0. The molecule has 1 atom stereocenters.